The SMILES string of the molecule is COc1ccccc1CNC(=O)CC(=O)Nc1ccc(C(C)(C)C)cc1. The minimum absolute atomic E-state index is 0.0565. The van der Waals surface area contributed by atoms with Gasteiger partial charge in [0.25, 0.3) is 0 Å². The van der Waals surface area contributed by atoms with Crippen molar-refractivity contribution in [3.8, 4) is 5.75 Å². The van der Waals surface area contributed by atoms with E-state index in [1.54, 1.807) is 7.11 Å². The number of methoxy groups -OCH3 is 1. The lowest BCUT2D eigenvalue weighted by Crippen LogP contribution is -2.27. The molecule has 5 heteroatoms. The van der Waals surface area contributed by atoms with Gasteiger partial charge >= 0.3 is 0 Å². The largest absolute Gasteiger partial charge is 0.496 e. The minimum atomic E-state index is -0.342. The molecule has 2 N–H and O–H groups in total. The van der Waals surface area contributed by atoms with Crippen molar-refractivity contribution in [3.63, 3.8) is 0 Å². The number of ether oxygens (including phenoxy) is 1. The fourth-order valence-electron chi connectivity index (χ4n) is 2.51. The molecule has 5 nitrogen and oxygen atoms in total. The van der Waals surface area contributed by atoms with E-state index in [1.807, 2.05) is 48.5 Å². The Hall–Kier alpha value is -2.82. The van der Waals surface area contributed by atoms with Gasteiger partial charge in [-0.3, -0.25) is 9.59 Å². The Morgan fingerprint density at radius 3 is 2.23 bits per heavy atom. The third-order valence-corrected chi connectivity index (χ3v) is 4.02. The maximum Gasteiger partial charge on any atom is 0.233 e. The topological polar surface area (TPSA) is 67.4 Å². The summed E-state index contributed by atoms with van der Waals surface area (Å²) < 4.78 is 5.24. The van der Waals surface area contributed by atoms with E-state index in [2.05, 4.69) is 31.4 Å². The summed E-state index contributed by atoms with van der Waals surface area (Å²) in [6, 6.07) is 15.1. The molecule has 26 heavy (non-hydrogen) atoms. The van der Waals surface area contributed by atoms with E-state index in [-0.39, 0.29) is 23.7 Å². The van der Waals surface area contributed by atoms with Crippen molar-refractivity contribution in [3.05, 3.63) is 59.7 Å². The number of benzene rings is 2. The maximum absolute atomic E-state index is 12.0. The highest BCUT2D eigenvalue weighted by Crippen LogP contribution is 2.23. The van der Waals surface area contributed by atoms with Gasteiger partial charge in [0.05, 0.1) is 7.11 Å². The van der Waals surface area contributed by atoms with Crippen LogP contribution in [0.5, 0.6) is 5.75 Å². The highest BCUT2D eigenvalue weighted by Gasteiger charge is 2.14. The van der Waals surface area contributed by atoms with Crippen LogP contribution < -0.4 is 15.4 Å². The van der Waals surface area contributed by atoms with Crippen LogP contribution in [0.1, 0.15) is 38.3 Å². The molecule has 0 saturated carbocycles. The number of amides is 2. The van der Waals surface area contributed by atoms with Crippen molar-refractivity contribution in [1.29, 1.82) is 0 Å². The third kappa shape index (κ3) is 5.62. The zero-order valence-corrected chi connectivity index (χ0v) is 15.8. The molecule has 0 saturated heterocycles. The van der Waals surface area contributed by atoms with Gasteiger partial charge in [-0.2, -0.15) is 0 Å². The van der Waals surface area contributed by atoms with E-state index in [0.717, 1.165) is 5.56 Å². The van der Waals surface area contributed by atoms with Gasteiger partial charge in [-0.15, -0.1) is 0 Å². The van der Waals surface area contributed by atoms with Gasteiger partial charge in [0.2, 0.25) is 11.8 Å². The summed E-state index contributed by atoms with van der Waals surface area (Å²) in [4.78, 5) is 24.0. The standard InChI is InChI=1S/C21H26N2O3/c1-21(2,3)16-9-11-17(12-10-16)23-20(25)13-19(24)22-14-15-7-5-6-8-18(15)26-4/h5-12H,13-14H2,1-4H3,(H,22,24)(H,23,25). The quantitative estimate of drug-likeness (QED) is 0.778. The van der Waals surface area contributed by atoms with E-state index < -0.39 is 0 Å². The van der Waals surface area contributed by atoms with Crippen molar-refractivity contribution in [2.24, 2.45) is 0 Å². The molecule has 0 aliphatic heterocycles. The van der Waals surface area contributed by atoms with E-state index in [0.29, 0.717) is 18.0 Å². The average Bonchev–Trinajstić information content (AvgIpc) is 2.59. The Labute approximate surface area is 154 Å². The van der Waals surface area contributed by atoms with E-state index in [4.69, 9.17) is 4.74 Å². The molecule has 2 aromatic carbocycles. The number of nitrogens with one attached hydrogen (secondary N) is 2. The van der Waals surface area contributed by atoms with Crippen LogP contribution >= 0.6 is 0 Å². The molecule has 2 aromatic rings. The average molecular weight is 354 g/mol. The molecule has 0 radical (unpaired) electrons. The highest BCUT2D eigenvalue weighted by atomic mass is 16.5. The number of rotatable bonds is 6. The Balaban J connectivity index is 1.84. The maximum atomic E-state index is 12.0. The molecule has 0 bridgehead atoms. The van der Waals surface area contributed by atoms with Crippen LogP contribution in [0.4, 0.5) is 5.69 Å². The number of hydrogen-bond acceptors (Lipinski definition) is 3. The van der Waals surface area contributed by atoms with Crippen molar-refractivity contribution in [2.45, 2.75) is 39.2 Å². The van der Waals surface area contributed by atoms with Crippen LogP contribution in [0.2, 0.25) is 0 Å². The molecule has 2 amide bonds. The molecule has 0 aliphatic rings. The molecule has 0 unspecified atom stereocenters. The smallest absolute Gasteiger partial charge is 0.233 e. The van der Waals surface area contributed by atoms with Crippen LogP contribution in [0.3, 0.4) is 0 Å². The monoisotopic (exact) mass is 354 g/mol. The zero-order chi connectivity index (χ0) is 19.2. The van der Waals surface area contributed by atoms with Crippen LogP contribution in [0, 0.1) is 0 Å². The van der Waals surface area contributed by atoms with Gasteiger partial charge in [0.15, 0.2) is 0 Å². The van der Waals surface area contributed by atoms with Crippen LogP contribution in [0.15, 0.2) is 48.5 Å². The molecule has 0 spiro atoms. The predicted octanol–water partition coefficient (Wildman–Crippen LogP) is 3.64. The van der Waals surface area contributed by atoms with Gasteiger partial charge < -0.3 is 15.4 Å². The molecule has 0 fully saturated rings. The predicted molar refractivity (Wildman–Crippen MR) is 103 cm³/mol. The second-order valence-corrected chi connectivity index (χ2v) is 7.14. The normalized spacial score (nSPS) is 10.9. The fourth-order valence-corrected chi connectivity index (χ4v) is 2.51. The molecule has 0 atom stereocenters. The number of anilines is 1. The first kappa shape index (κ1) is 19.5. The minimum Gasteiger partial charge on any atom is -0.496 e. The first-order valence-electron chi connectivity index (χ1n) is 8.58. The van der Waals surface area contributed by atoms with Crippen LogP contribution in [-0.4, -0.2) is 18.9 Å². The Morgan fingerprint density at radius 1 is 0.962 bits per heavy atom. The zero-order valence-electron chi connectivity index (χ0n) is 15.8. The molecule has 138 valence electrons. The number of hydrogen-bond donors (Lipinski definition) is 2. The lowest BCUT2D eigenvalue weighted by molar-refractivity contribution is -0.126. The summed E-state index contributed by atoms with van der Waals surface area (Å²) in [5.74, 6) is 0.0296. The van der Waals surface area contributed by atoms with Gasteiger partial charge in [-0.25, -0.2) is 0 Å². The van der Waals surface area contributed by atoms with E-state index in [9.17, 15) is 9.59 Å². The first-order valence-corrected chi connectivity index (χ1v) is 8.58. The van der Waals surface area contributed by atoms with Crippen molar-refractivity contribution >= 4 is 17.5 Å². The summed E-state index contributed by atoms with van der Waals surface area (Å²) in [5.41, 5.74) is 2.79. The highest BCUT2D eigenvalue weighted by molar-refractivity contribution is 6.03. The molecule has 2 rings (SSSR count). The van der Waals surface area contributed by atoms with E-state index in [1.165, 1.54) is 5.56 Å². The Kier molecular flexibility index (Phi) is 6.39. The number of para-hydroxylation sites is 1. The fraction of sp³-hybridized carbons (Fsp3) is 0.333. The lowest BCUT2D eigenvalue weighted by atomic mass is 9.87. The van der Waals surface area contributed by atoms with Gasteiger partial charge in [-0.1, -0.05) is 51.1 Å². The summed E-state index contributed by atoms with van der Waals surface area (Å²) in [7, 11) is 1.58. The van der Waals surface area contributed by atoms with Crippen LogP contribution in [0.25, 0.3) is 0 Å². The Bertz CT molecular complexity index is 762. The van der Waals surface area contributed by atoms with E-state index >= 15 is 0 Å². The van der Waals surface area contributed by atoms with Crippen molar-refractivity contribution in [2.75, 3.05) is 12.4 Å². The summed E-state index contributed by atoms with van der Waals surface area (Å²) >= 11 is 0. The van der Waals surface area contributed by atoms with Crippen LogP contribution in [-0.2, 0) is 21.5 Å². The first-order chi connectivity index (χ1) is 12.3. The van der Waals surface area contributed by atoms with Crippen molar-refractivity contribution in [1.82, 2.24) is 5.32 Å². The molecular formula is C21H26N2O3. The molecule has 0 aromatic heterocycles. The second kappa shape index (κ2) is 8.52. The number of carbonyl (C=O) groups is 2. The summed E-state index contributed by atoms with van der Waals surface area (Å²) in [6.45, 7) is 6.71. The molecule has 0 aliphatic carbocycles. The second-order valence-electron chi connectivity index (χ2n) is 7.14. The Morgan fingerprint density at radius 2 is 1.62 bits per heavy atom. The summed E-state index contributed by atoms with van der Waals surface area (Å²) in [5, 5.41) is 5.49. The van der Waals surface area contributed by atoms with Gasteiger partial charge in [0, 0.05) is 17.8 Å². The summed E-state index contributed by atoms with van der Waals surface area (Å²) in [6.07, 6.45) is -0.226. The van der Waals surface area contributed by atoms with Gasteiger partial charge in [-0.05, 0) is 29.2 Å². The molecule has 0 heterocycles. The molecular weight excluding hydrogens is 328 g/mol. The van der Waals surface area contributed by atoms with Gasteiger partial charge in [0.1, 0.15) is 12.2 Å². The number of carbonyl (C=O) groups excluding carboxylic acids is 2. The third-order valence-electron chi connectivity index (χ3n) is 4.02. The lowest BCUT2D eigenvalue weighted by Gasteiger charge is -2.19. The van der Waals surface area contributed by atoms with Crippen molar-refractivity contribution < 1.29 is 14.3 Å².